The van der Waals surface area contributed by atoms with Crippen molar-refractivity contribution in [1.82, 2.24) is 4.90 Å². The van der Waals surface area contributed by atoms with E-state index in [0.717, 1.165) is 25.1 Å². The van der Waals surface area contributed by atoms with Crippen LogP contribution in [0.4, 0.5) is 13.2 Å². The smallest absolute Gasteiger partial charge is 0.416 e. The first kappa shape index (κ1) is 15.0. The van der Waals surface area contributed by atoms with Gasteiger partial charge in [-0.15, -0.1) is 0 Å². The molecule has 0 radical (unpaired) electrons. The van der Waals surface area contributed by atoms with E-state index in [2.05, 4.69) is 0 Å². The van der Waals surface area contributed by atoms with Crippen LogP contribution in [0.15, 0.2) is 23.5 Å². The summed E-state index contributed by atoms with van der Waals surface area (Å²) in [5.41, 5.74) is 4.84. The Kier molecular flexibility index (Phi) is 5.22. The van der Waals surface area contributed by atoms with Gasteiger partial charge in [0.15, 0.2) is 0 Å². The number of alkyl halides is 3. The highest BCUT2D eigenvalue weighted by molar-refractivity contribution is 5.32. The van der Waals surface area contributed by atoms with Crippen LogP contribution in [0.25, 0.3) is 0 Å². The van der Waals surface area contributed by atoms with Gasteiger partial charge < -0.3 is 15.4 Å². The second-order valence-corrected chi connectivity index (χ2v) is 4.60. The summed E-state index contributed by atoms with van der Waals surface area (Å²) in [5, 5.41) is 0. The van der Waals surface area contributed by atoms with Gasteiger partial charge in [0.1, 0.15) is 0 Å². The van der Waals surface area contributed by atoms with Crippen molar-refractivity contribution in [2.75, 3.05) is 27.2 Å². The van der Waals surface area contributed by atoms with Crippen molar-refractivity contribution in [2.45, 2.75) is 25.1 Å². The topological polar surface area (TPSA) is 38.5 Å². The second kappa shape index (κ2) is 6.24. The molecule has 0 amide bonds. The Morgan fingerprint density at radius 2 is 2.11 bits per heavy atom. The van der Waals surface area contributed by atoms with Gasteiger partial charge in [0.2, 0.25) is 0 Å². The zero-order chi connectivity index (χ0) is 13.8. The summed E-state index contributed by atoms with van der Waals surface area (Å²) < 4.78 is 43.0. The number of ether oxygens (including phenoxy) is 1. The lowest BCUT2D eigenvalue weighted by atomic mass is 10.0. The normalized spacial score (nSPS) is 20.7. The highest BCUT2D eigenvalue weighted by Crippen LogP contribution is 2.31. The molecule has 0 heterocycles. The van der Waals surface area contributed by atoms with E-state index >= 15 is 0 Å². The first-order valence-corrected chi connectivity index (χ1v) is 5.81. The van der Waals surface area contributed by atoms with Crippen LogP contribution in [-0.2, 0) is 4.74 Å². The maximum Gasteiger partial charge on any atom is 0.416 e. The molecule has 6 heteroatoms. The molecule has 0 saturated heterocycles. The minimum absolute atomic E-state index is 0.316. The highest BCUT2D eigenvalue weighted by Gasteiger charge is 2.34. The molecule has 1 aliphatic carbocycles. The molecule has 0 fully saturated rings. The van der Waals surface area contributed by atoms with Gasteiger partial charge in [-0.25, -0.2) is 0 Å². The van der Waals surface area contributed by atoms with Gasteiger partial charge in [-0.1, -0.05) is 6.08 Å². The SMILES string of the molecule is CN(C)CCCOC1=CC(C(F)(F)F)=CC(N)C1. The molecule has 1 rings (SSSR count). The third kappa shape index (κ3) is 5.10. The maximum atomic E-state index is 12.6. The quantitative estimate of drug-likeness (QED) is 0.772. The van der Waals surface area contributed by atoms with Crippen molar-refractivity contribution in [3.05, 3.63) is 23.5 Å². The lowest BCUT2D eigenvalue weighted by Gasteiger charge is -2.21. The molecule has 0 aliphatic heterocycles. The van der Waals surface area contributed by atoms with Crippen LogP contribution in [0.5, 0.6) is 0 Å². The first-order chi connectivity index (χ1) is 8.29. The third-order valence-electron chi connectivity index (χ3n) is 2.51. The summed E-state index contributed by atoms with van der Waals surface area (Å²) in [6, 6.07) is -0.629. The molecule has 0 aromatic heterocycles. The molecular formula is C12H19F3N2O. The monoisotopic (exact) mass is 264 g/mol. The lowest BCUT2D eigenvalue weighted by Crippen LogP contribution is -2.26. The summed E-state index contributed by atoms with van der Waals surface area (Å²) in [7, 11) is 3.86. The van der Waals surface area contributed by atoms with Gasteiger partial charge in [-0.3, -0.25) is 0 Å². The Balaban J connectivity index is 2.51. The molecule has 0 spiro atoms. The van der Waals surface area contributed by atoms with E-state index in [9.17, 15) is 13.2 Å². The Morgan fingerprint density at radius 3 is 2.67 bits per heavy atom. The van der Waals surface area contributed by atoms with E-state index in [-0.39, 0.29) is 0 Å². The number of nitrogens with two attached hydrogens (primary N) is 1. The first-order valence-electron chi connectivity index (χ1n) is 5.81. The molecule has 1 atom stereocenters. The van der Waals surface area contributed by atoms with E-state index < -0.39 is 17.8 Å². The molecular weight excluding hydrogens is 245 g/mol. The van der Waals surface area contributed by atoms with Gasteiger partial charge >= 0.3 is 6.18 Å². The molecule has 1 aliphatic rings. The summed E-state index contributed by atoms with van der Waals surface area (Å²) in [6.45, 7) is 1.24. The van der Waals surface area contributed by atoms with Crippen molar-refractivity contribution in [3.8, 4) is 0 Å². The van der Waals surface area contributed by atoms with Crippen LogP contribution in [0, 0.1) is 0 Å². The predicted octanol–water partition coefficient (Wildman–Crippen LogP) is 2.06. The lowest BCUT2D eigenvalue weighted by molar-refractivity contribution is -0.0892. The fourth-order valence-corrected chi connectivity index (χ4v) is 1.66. The molecule has 18 heavy (non-hydrogen) atoms. The van der Waals surface area contributed by atoms with Crippen molar-refractivity contribution in [2.24, 2.45) is 5.73 Å². The van der Waals surface area contributed by atoms with Crippen molar-refractivity contribution < 1.29 is 17.9 Å². The standard InChI is InChI=1S/C12H19F3N2O/c1-17(2)4-3-5-18-11-7-9(12(13,14)15)6-10(16)8-11/h6-7,10H,3-5,8,16H2,1-2H3. The van der Waals surface area contributed by atoms with Gasteiger partial charge in [-0.2, -0.15) is 13.2 Å². The second-order valence-electron chi connectivity index (χ2n) is 4.60. The molecule has 0 saturated carbocycles. The molecule has 0 aromatic carbocycles. The number of rotatable bonds is 5. The number of halogens is 3. The third-order valence-corrected chi connectivity index (χ3v) is 2.51. The van der Waals surface area contributed by atoms with E-state index in [0.29, 0.717) is 18.8 Å². The van der Waals surface area contributed by atoms with Crippen molar-refractivity contribution in [3.63, 3.8) is 0 Å². The zero-order valence-corrected chi connectivity index (χ0v) is 10.6. The van der Waals surface area contributed by atoms with E-state index in [4.69, 9.17) is 10.5 Å². The van der Waals surface area contributed by atoms with Gasteiger partial charge in [0.05, 0.1) is 17.9 Å². The average Bonchev–Trinajstić information content (AvgIpc) is 2.22. The summed E-state index contributed by atoms with van der Waals surface area (Å²) in [4.78, 5) is 1.99. The molecule has 3 nitrogen and oxygen atoms in total. The van der Waals surface area contributed by atoms with Crippen LogP contribution in [-0.4, -0.2) is 44.4 Å². The maximum absolute atomic E-state index is 12.6. The predicted molar refractivity (Wildman–Crippen MR) is 63.9 cm³/mol. The molecule has 0 bridgehead atoms. The van der Waals surface area contributed by atoms with E-state index in [1.807, 2.05) is 19.0 Å². The van der Waals surface area contributed by atoms with Crippen LogP contribution >= 0.6 is 0 Å². The van der Waals surface area contributed by atoms with Gasteiger partial charge in [0, 0.05) is 19.0 Å². The van der Waals surface area contributed by atoms with E-state index in [1.54, 1.807) is 0 Å². The number of allylic oxidation sites excluding steroid dienone is 2. The molecule has 104 valence electrons. The van der Waals surface area contributed by atoms with Gasteiger partial charge in [0.25, 0.3) is 0 Å². The number of hydrogen-bond donors (Lipinski definition) is 1. The Hall–Kier alpha value is -1.01. The molecule has 1 unspecified atom stereocenters. The Morgan fingerprint density at radius 1 is 1.44 bits per heavy atom. The fourth-order valence-electron chi connectivity index (χ4n) is 1.66. The van der Waals surface area contributed by atoms with Crippen molar-refractivity contribution in [1.29, 1.82) is 0 Å². The van der Waals surface area contributed by atoms with Gasteiger partial charge in [-0.05, 0) is 26.6 Å². The summed E-state index contributed by atoms with van der Waals surface area (Å²) in [5.74, 6) is 0.316. The van der Waals surface area contributed by atoms with Crippen LogP contribution in [0.2, 0.25) is 0 Å². The Labute approximate surface area is 105 Å². The average molecular weight is 264 g/mol. The largest absolute Gasteiger partial charge is 0.498 e. The fraction of sp³-hybridized carbons (Fsp3) is 0.667. The summed E-state index contributed by atoms with van der Waals surface area (Å²) >= 11 is 0. The zero-order valence-electron chi connectivity index (χ0n) is 10.6. The summed E-state index contributed by atoms with van der Waals surface area (Å²) in [6.07, 6.45) is -1.20. The number of hydrogen-bond acceptors (Lipinski definition) is 3. The number of nitrogens with zero attached hydrogens (tertiary/aromatic N) is 1. The van der Waals surface area contributed by atoms with Crippen LogP contribution in [0.3, 0.4) is 0 Å². The van der Waals surface area contributed by atoms with Crippen LogP contribution in [0.1, 0.15) is 12.8 Å². The minimum Gasteiger partial charge on any atom is -0.498 e. The van der Waals surface area contributed by atoms with E-state index in [1.165, 1.54) is 0 Å². The molecule has 2 N–H and O–H groups in total. The molecule has 0 aromatic rings. The minimum atomic E-state index is -4.36. The highest BCUT2D eigenvalue weighted by atomic mass is 19.4. The van der Waals surface area contributed by atoms with Crippen molar-refractivity contribution >= 4 is 0 Å². The Bertz CT molecular complexity index is 335. The van der Waals surface area contributed by atoms with Crippen LogP contribution < -0.4 is 5.73 Å².